The van der Waals surface area contributed by atoms with Gasteiger partial charge in [0.05, 0.1) is 6.61 Å². The van der Waals surface area contributed by atoms with Crippen LogP contribution in [0.25, 0.3) is 0 Å². The van der Waals surface area contributed by atoms with E-state index in [1.165, 1.54) is 11.0 Å². The molecule has 0 amide bonds. The zero-order valence-corrected chi connectivity index (χ0v) is 11.2. The van der Waals surface area contributed by atoms with E-state index in [4.69, 9.17) is 5.11 Å². The molecule has 0 aliphatic carbocycles. The molecule has 19 heavy (non-hydrogen) atoms. The van der Waals surface area contributed by atoms with Gasteiger partial charge in [-0.2, -0.15) is 13.2 Å². The van der Waals surface area contributed by atoms with Crippen LogP contribution in [0.2, 0.25) is 0 Å². The third-order valence-corrected chi connectivity index (χ3v) is 2.66. The summed E-state index contributed by atoms with van der Waals surface area (Å²) in [5.74, 6) is 0.280. The van der Waals surface area contributed by atoms with Gasteiger partial charge < -0.3 is 10.0 Å². The molecule has 1 N–H and O–H groups in total. The number of aryl methyl sites for hydroxylation is 1. The summed E-state index contributed by atoms with van der Waals surface area (Å²) in [7, 11) is 0. The Labute approximate surface area is 111 Å². The van der Waals surface area contributed by atoms with E-state index in [1.807, 2.05) is 13.8 Å². The van der Waals surface area contributed by atoms with Crippen LogP contribution in [-0.4, -0.2) is 29.4 Å². The summed E-state index contributed by atoms with van der Waals surface area (Å²) in [6.07, 6.45) is -3.05. The third kappa shape index (κ3) is 5.06. The van der Waals surface area contributed by atoms with Gasteiger partial charge in [0.1, 0.15) is 12.4 Å². The molecule has 6 heteroatoms. The van der Waals surface area contributed by atoms with Crippen LogP contribution in [0.3, 0.4) is 0 Å². The molecule has 0 saturated carbocycles. The normalized spacial score (nSPS) is 11.7. The summed E-state index contributed by atoms with van der Waals surface area (Å²) in [6.45, 7) is 2.76. The van der Waals surface area contributed by atoms with Gasteiger partial charge in [-0.1, -0.05) is 13.8 Å². The van der Waals surface area contributed by atoms with Gasteiger partial charge in [-0.15, -0.1) is 0 Å². The van der Waals surface area contributed by atoms with Gasteiger partial charge in [-0.25, -0.2) is 4.98 Å². The highest BCUT2D eigenvalue weighted by Crippen LogP contribution is 2.22. The van der Waals surface area contributed by atoms with Crippen molar-refractivity contribution in [2.24, 2.45) is 0 Å². The second-order valence-corrected chi connectivity index (χ2v) is 4.37. The number of nitrogens with zero attached hydrogens (tertiary/aromatic N) is 2. The van der Waals surface area contributed by atoms with Crippen molar-refractivity contribution in [3.05, 3.63) is 23.4 Å². The van der Waals surface area contributed by atoms with E-state index in [-0.39, 0.29) is 19.0 Å². The van der Waals surface area contributed by atoms with Crippen molar-refractivity contribution in [3.8, 4) is 0 Å². The fourth-order valence-electron chi connectivity index (χ4n) is 1.83. The second kappa shape index (κ2) is 6.75. The number of hydrogen-bond acceptors (Lipinski definition) is 3. The standard InChI is InChI=1S/C13H19F3N2O/c1-3-5-18(9-13(14,15)16)12-7-10(8-19)6-11(4-2)17-12/h6-7,19H,3-5,8-9H2,1-2H3. The monoisotopic (exact) mass is 276 g/mol. The first-order valence-corrected chi connectivity index (χ1v) is 6.32. The fourth-order valence-corrected chi connectivity index (χ4v) is 1.83. The molecule has 0 spiro atoms. The summed E-state index contributed by atoms with van der Waals surface area (Å²) < 4.78 is 37.7. The van der Waals surface area contributed by atoms with Gasteiger partial charge in [0.25, 0.3) is 0 Å². The molecule has 1 aromatic rings. The topological polar surface area (TPSA) is 36.4 Å². The fraction of sp³-hybridized carbons (Fsp3) is 0.615. The zero-order valence-electron chi connectivity index (χ0n) is 11.2. The molecular formula is C13H19F3N2O. The quantitative estimate of drug-likeness (QED) is 0.868. The lowest BCUT2D eigenvalue weighted by Gasteiger charge is -2.25. The Balaban J connectivity index is 3.06. The van der Waals surface area contributed by atoms with Crippen LogP contribution in [0, 0.1) is 0 Å². The Hall–Kier alpha value is -1.30. The Morgan fingerprint density at radius 1 is 1.26 bits per heavy atom. The number of pyridine rings is 1. The predicted octanol–water partition coefficient (Wildman–Crippen LogP) is 2.92. The lowest BCUT2D eigenvalue weighted by atomic mass is 10.2. The molecule has 0 aliphatic heterocycles. The van der Waals surface area contributed by atoms with Crippen LogP contribution in [-0.2, 0) is 13.0 Å². The SMILES string of the molecule is CCCN(CC(F)(F)F)c1cc(CO)cc(CC)n1. The average Bonchev–Trinajstić information content (AvgIpc) is 2.36. The molecule has 108 valence electrons. The van der Waals surface area contributed by atoms with Gasteiger partial charge in [0.15, 0.2) is 0 Å². The zero-order chi connectivity index (χ0) is 14.5. The Morgan fingerprint density at radius 3 is 2.42 bits per heavy atom. The first kappa shape index (κ1) is 15.8. The van der Waals surface area contributed by atoms with Crippen molar-refractivity contribution < 1.29 is 18.3 Å². The third-order valence-electron chi connectivity index (χ3n) is 2.66. The molecule has 0 radical (unpaired) electrons. The van der Waals surface area contributed by atoms with Crippen LogP contribution < -0.4 is 4.90 Å². The Kier molecular flexibility index (Phi) is 5.60. The first-order valence-electron chi connectivity index (χ1n) is 6.32. The minimum atomic E-state index is -4.27. The maximum Gasteiger partial charge on any atom is 0.405 e. The highest BCUT2D eigenvalue weighted by Gasteiger charge is 2.31. The summed E-state index contributed by atoms with van der Waals surface area (Å²) in [6, 6.07) is 3.22. The maximum atomic E-state index is 12.6. The molecule has 3 nitrogen and oxygen atoms in total. The van der Waals surface area contributed by atoms with E-state index in [2.05, 4.69) is 4.98 Å². The van der Waals surface area contributed by atoms with Crippen molar-refractivity contribution in [1.29, 1.82) is 0 Å². The maximum absolute atomic E-state index is 12.6. The van der Waals surface area contributed by atoms with Gasteiger partial charge >= 0.3 is 6.18 Å². The predicted molar refractivity (Wildman–Crippen MR) is 68.1 cm³/mol. The molecule has 1 aromatic heterocycles. The number of aliphatic hydroxyl groups excluding tert-OH is 1. The molecule has 0 saturated heterocycles. The smallest absolute Gasteiger partial charge is 0.392 e. The van der Waals surface area contributed by atoms with Gasteiger partial charge in [0, 0.05) is 12.2 Å². The average molecular weight is 276 g/mol. The lowest BCUT2D eigenvalue weighted by molar-refractivity contribution is -0.119. The van der Waals surface area contributed by atoms with E-state index in [1.54, 1.807) is 6.07 Å². The number of hydrogen-bond donors (Lipinski definition) is 1. The molecule has 0 fully saturated rings. The van der Waals surface area contributed by atoms with Crippen LogP contribution in [0.15, 0.2) is 12.1 Å². The number of alkyl halides is 3. The largest absolute Gasteiger partial charge is 0.405 e. The summed E-state index contributed by atoms with van der Waals surface area (Å²) in [5.41, 5.74) is 1.27. The highest BCUT2D eigenvalue weighted by atomic mass is 19.4. The molecule has 0 aliphatic rings. The first-order chi connectivity index (χ1) is 8.89. The van der Waals surface area contributed by atoms with E-state index in [0.717, 1.165) is 0 Å². The highest BCUT2D eigenvalue weighted by molar-refractivity contribution is 5.43. The second-order valence-electron chi connectivity index (χ2n) is 4.37. The molecule has 0 unspecified atom stereocenters. The van der Waals surface area contributed by atoms with E-state index in [9.17, 15) is 13.2 Å². The molecule has 1 rings (SSSR count). The van der Waals surface area contributed by atoms with E-state index < -0.39 is 12.7 Å². The van der Waals surface area contributed by atoms with Gasteiger partial charge in [-0.3, -0.25) is 0 Å². The van der Waals surface area contributed by atoms with Gasteiger partial charge in [-0.05, 0) is 30.5 Å². The number of anilines is 1. The van der Waals surface area contributed by atoms with Crippen molar-refractivity contribution in [2.75, 3.05) is 18.0 Å². The lowest BCUT2D eigenvalue weighted by Crippen LogP contribution is -2.35. The minimum absolute atomic E-state index is 0.200. The minimum Gasteiger partial charge on any atom is -0.392 e. The van der Waals surface area contributed by atoms with Gasteiger partial charge in [0.2, 0.25) is 0 Å². The van der Waals surface area contributed by atoms with Crippen molar-refractivity contribution in [1.82, 2.24) is 4.98 Å². The molecular weight excluding hydrogens is 257 g/mol. The Morgan fingerprint density at radius 2 is 1.95 bits per heavy atom. The molecule has 0 atom stereocenters. The summed E-state index contributed by atoms with van der Waals surface area (Å²) in [4.78, 5) is 5.42. The number of aliphatic hydroxyl groups is 1. The molecule has 1 heterocycles. The molecule has 0 aromatic carbocycles. The van der Waals surface area contributed by atoms with Crippen LogP contribution in [0.5, 0.6) is 0 Å². The Bertz CT molecular complexity index is 385. The number of rotatable bonds is 6. The number of halogens is 3. The van der Waals surface area contributed by atoms with Crippen molar-refractivity contribution in [2.45, 2.75) is 39.5 Å². The van der Waals surface area contributed by atoms with E-state index >= 15 is 0 Å². The van der Waals surface area contributed by atoms with Crippen LogP contribution in [0.1, 0.15) is 31.5 Å². The van der Waals surface area contributed by atoms with Crippen molar-refractivity contribution in [3.63, 3.8) is 0 Å². The summed E-state index contributed by atoms with van der Waals surface area (Å²) in [5, 5.41) is 9.16. The van der Waals surface area contributed by atoms with E-state index in [0.29, 0.717) is 24.1 Å². The number of aromatic nitrogens is 1. The van der Waals surface area contributed by atoms with Crippen molar-refractivity contribution >= 4 is 5.82 Å². The van der Waals surface area contributed by atoms with Crippen LogP contribution >= 0.6 is 0 Å². The summed E-state index contributed by atoms with van der Waals surface area (Å²) >= 11 is 0. The van der Waals surface area contributed by atoms with Crippen LogP contribution in [0.4, 0.5) is 19.0 Å². The molecule has 0 bridgehead atoms.